The third-order valence-electron chi connectivity index (χ3n) is 6.01. The van der Waals surface area contributed by atoms with E-state index in [1.165, 1.54) is 36.1 Å². The minimum atomic E-state index is -4.80. The van der Waals surface area contributed by atoms with Crippen LogP contribution in [0.2, 0.25) is 5.02 Å². The van der Waals surface area contributed by atoms with E-state index in [1.807, 2.05) is 0 Å². The van der Waals surface area contributed by atoms with Crippen LogP contribution in [0.25, 0.3) is 0 Å². The number of carbonyl (C=O) groups excluding carboxylic acids is 2. The zero-order valence-corrected chi connectivity index (χ0v) is 24.5. The molecular formula is C29H31ClF3N3O4S. The van der Waals surface area contributed by atoms with Crippen LogP contribution in [-0.4, -0.2) is 43.3 Å². The van der Waals surface area contributed by atoms with Crippen LogP contribution < -0.4 is 9.62 Å². The van der Waals surface area contributed by atoms with Gasteiger partial charge in [-0.2, -0.15) is 13.2 Å². The minimum Gasteiger partial charge on any atom is -0.350 e. The van der Waals surface area contributed by atoms with Crippen molar-refractivity contribution in [2.24, 2.45) is 0 Å². The van der Waals surface area contributed by atoms with E-state index in [4.69, 9.17) is 11.6 Å². The Morgan fingerprint density at radius 3 is 2.02 bits per heavy atom. The third-order valence-corrected chi connectivity index (χ3v) is 8.11. The number of rotatable bonds is 9. The minimum absolute atomic E-state index is 0.0616. The lowest BCUT2D eigenvalue weighted by molar-refractivity contribution is -0.140. The van der Waals surface area contributed by atoms with Crippen LogP contribution in [0, 0.1) is 0 Å². The molecule has 2 amide bonds. The predicted molar refractivity (Wildman–Crippen MR) is 152 cm³/mol. The highest BCUT2D eigenvalue weighted by Crippen LogP contribution is 2.37. The Balaban J connectivity index is 2.12. The predicted octanol–water partition coefficient (Wildman–Crippen LogP) is 5.89. The number of nitrogens with zero attached hydrogens (tertiary/aromatic N) is 2. The summed E-state index contributed by atoms with van der Waals surface area (Å²) in [6.07, 6.45) is -4.80. The van der Waals surface area contributed by atoms with Crippen LogP contribution in [0.15, 0.2) is 83.8 Å². The molecule has 1 N–H and O–H groups in total. The molecule has 0 aliphatic rings. The number of nitrogens with one attached hydrogen (secondary N) is 1. The number of alkyl halides is 3. The molecule has 3 rings (SSSR count). The molecule has 41 heavy (non-hydrogen) atoms. The number of hydrogen-bond acceptors (Lipinski definition) is 4. The molecule has 0 aliphatic carbocycles. The molecule has 0 heterocycles. The fourth-order valence-corrected chi connectivity index (χ4v) is 5.67. The van der Waals surface area contributed by atoms with Crippen molar-refractivity contribution in [3.8, 4) is 0 Å². The number of sulfonamides is 1. The number of benzene rings is 3. The molecule has 0 saturated heterocycles. The van der Waals surface area contributed by atoms with Crippen molar-refractivity contribution in [1.82, 2.24) is 10.2 Å². The van der Waals surface area contributed by atoms with Crippen molar-refractivity contribution in [3.05, 3.63) is 95.0 Å². The van der Waals surface area contributed by atoms with Gasteiger partial charge in [0.25, 0.3) is 10.0 Å². The Bertz CT molecular complexity index is 1480. The van der Waals surface area contributed by atoms with Crippen LogP contribution in [0.4, 0.5) is 18.9 Å². The second kappa shape index (κ2) is 12.5. The van der Waals surface area contributed by atoms with Crippen molar-refractivity contribution in [2.75, 3.05) is 10.8 Å². The Kier molecular flexibility index (Phi) is 9.76. The van der Waals surface area contributed by atoms with Gasteiger partial charge in [-0.3, -0.25) is 13.9 Å². The molecule has 12 heteroatoms. The highest BCUT2D eigenvalue weighted by molar-refractivity contribution is 7.92. The number of anilines is 1. The highest BCUT2D eigenvalue weighted by atomic mass is 35.5. The zero-order valence-electron chi connectivity index (χ0n) is 22.9. The third kappa shape index (κ3) is 8.23. The lowest BCUT2D eigenvalue weighted by Crippen LogP contribution is -2.54. The number of hydrogen-bond donors (Lipinski definition) is 1. The first-order chi connectivity index (χ1) is 19.0. The molecule has 0 fully saturated rings. The molecule has 7 nitrogen and oxygen atoms in total. The fraction of sp³-hybridized carbons (Fsp3) is 0.310. The molecule has 3 aromatic carbocycles. The van der Waals surface area contributed by atoms with Gasteiger partial charge < -0.3 is 10.2 Å². The topological polar surface area (TPSA) is 86.8 Å². The van der Waals surface area contributed by atoms with Gasteiger partial charge in [0.1, 0.15) is 12.6 Å². The normalized spacial score (nSPS) is 12.9. The average Bonchev–Trinajstić information content (AvgIpc) is 2.89. The maximum Gasteiger partial charge on any atom is 0.416 e. The summed E-state index contributed by atoms with van der Waals surface area (Å²) in [7, 11) is -4.58. The first-order valence-electron chi connectivity index (χ1n) is 12.6. The lowest BCUT2D eigenvalue weighted by atomic mass is 10.1. The molecule has 0 spiro atoms. The fourth-order valence-electron chi connectivity index (χ4n) is 3.95. The number of amides is 2. The van der Waals surface area contributed by atoms with Gasteiger partial charge >= 0.3 is 6.18 Å². The van der Waals surface area contributed by atoms with E-state index >= 15 is 0 Å². The maximum absolute atomic E-state index is 13.9. The smallest absolute Gasteiger partial charge is 0.350 e. The largest absolute Gasteiger partial charge is 0.416 e. The van der Waals surface area contributed by atoms with Gasteiger partial charge in [-0.15, -0.1) is 0 Å². The molecule has 220 valence electrons. The molecule has 0 saturated carbocycles. The molecule has 0 bridgehead atoms. The Morgan fingerprint density at radius 1 is 0.927 bits per heavy atom. The molecular weight excluding hydrogens is 579 g/mol. The monoisotopic (exact) mass is 609 g/mol. The Morgan fingerprint density at radius 2 is 1.49 bits per heavy atom. The molecule has 0 aromatic heterocycles. The van der Waals surface area contributed by atoms with Crippen molar-refractivity contribution >= 4 is 39.1 Å². The Labute approximate surface area is 243 Å². The highest BCUT2D eigenvalue weighted by Gasteiger charge is 2.36. The van der Waals surface area contributed by atoms with E-state index in [0.717, 1.165) is 12.1 Å². The van der Waals surface area contributed by atoms with Gasteiger partial charge in [-0.05, 0) is 63.6 Å². The van der Waals surface area contributed by atoms with Crippen molar-refractivity contribution in [1.29, 1.82) is 0 Å². The number of halogens is 4. The molecule has 1 unspecified atom stereocenters. The first kappa shape index (κ1) is 32.0. The summed E-state index contributed by atoms with van der Waals surface area (Å²) in [5, 5.41) is 2.50. The van der Waals surface area contributed by atoms with Gasteiger partial charge in [0, 0.05) is 12.1 Å². The number of carbonyl (C=O) groups is 2. The van der Waals surface area contributed by atoms with Crippen LogP contribution in [-0.2, 0) is 32.3 Å². The second-order valence-electron chi connectivity index (χ2n) is 10.4. The lowest BCUT2D eigenvalue weighted by Gasteiger charge is -2.33. The SMILES string of the molecule is CC(C(=O)NC(C)(C)C)N(Cc1ccccc1)C(=O)CN(c1cc(C(F)(F)F)ccc1Cl)S(=O)(=O)c1ccccc1. The quantitative estimate of drug-likeness (QED) is 0.328. The van der Waals surface area contributed by atoms with Crippen molar-refractivity contribution in [2.45, 2.75) is 56.9 Å². The van der Waals surface area contributed by atoms with Gasteiger partial charge in [-0.1, -0.05) is 60.1 Å². The van der Waals surface area contributed by atoms with Crippen LogP contribution >= 0.6 is 11.6 Å². The first-order valence-corrected chi connectivity index (χ1v) is 14.4. The summed E-state index contributed by atoms with van der Waals surface area (Å²) in [5.74, 6) is -1.31. The van der Waals surface area contributed by atoms with E-state index in [2.05, 4.69) is 5.32 Å². The molecule has 1 atom stereocenters. The summed E-state index contributed by atoms with van der Waals surface area (Å²) in [6, 6.07) is 16.9. The Hall–Kier alpha value is -3.57. The molecule has 3 aromatic rings. The van der Waals surface area contributed by atoms with E-state index in [-0.39, 0.29) is 16.5 Å². The summed E-state index contributed by atoms with van der Waals surface area (Å²) in [6.45, 7) is 5.82. The van der Waals surface area contributed by atoms with Crippen molar-refractivity contribution < 1.29 is 31.2 Å². The van der Waals surface area contributed by atoms with Crippen LogP contribution in [0.1, 0.15) is 38.8 Å². The van der Waals surface area contributed by atoms with Gasteiger partial charge in [0.15, 0.2) is 0 Å². The molecule has 0 aliphatic heterocycles. The summed E-state index contributed by atoms with van der Waals surface area (Å²) in [5.41, 5.74) is -1.63. The van der Waals surface area contributed by atoms with Crippen molar-refractivity contribution in [3.63, 3.8) is 0 Å². The summed E-state index contributed by atoms with van der Waals surface area (Å²) in [4.78, 5) is 27.9. The maximum atomic E-state index is 13.9. The molecule has 0 radical (unpaired) electrons. The van der Waals surface area contributed by atoms with Gasteiger partial charge in [-0.25, -0.2) is 8.42 Å². The zero-order chi connectivity index (χ0) is 30.6. The van der Waals surface area contributed by atoms with Crippen LogP contribution in [0.3, 0.4) is 0 Å². The van der Waals surface area contributed by atoms with E-state index in [9.17, 15) is 31.2 Å². The average molecular weight is 610 g/mol. The summed E-state index contributed by atoms with van der Waals surface area (Å²) >= 11 is 6.25. The van der Waals surface area contributed by atoms with Gasteiger partial charge in [0.2, 0.25) is 11.8 Å². The summed E-state index contributed by atoms with van der Waals surface area (Å²) < 4.78 is 69.0. The van der Waals surface area contributed by atoms with E-state index in [0.29, 0.717) is 15.9 Å². The second-order valence-corrected chi connectivity index (χ2v) is 12.7. The van der Waals surface area contributed by atoms with Gasteiger partial charge in [0.05, 0.1) is 21.2 Å². The van der Waals surface area contributed by atoms with E-state index in [1.54, 1.807) is 57.2 Å². The standard InChI is InChI=1S/C29H31ClF3N3O4S/c1-20(27(38)34-28(2,3)4)35(18-21-11-7-5-8-12-21)26(37)19-36(41(39,40)23-13-9-6-10-14-23)25-17-22(29(31,32)33)15-16-24(25)30/h5-17,20H,18-19H2,1-4H3,(H,34,38). The van der Waals surface area contributed by atoms with Crippen LogP contribution in [0.5, 0.6) is 0 Å². The van der Waals surface area contributed by atoms with E-state index < -0.39 is 57.4 Å².